The van der Waals surface area contributed by atoms with E-state index in [2.05, 4.69) is 0 Å². The Bertz CT molecular complexity index is 517. The molecule has 0 aliphatic carbocycles. The number of rotatable bonds is 2. The molecule has 108 valence electrons. The minimum absolute atomic E-state index is 0.0693. The van der Waals surface area contributed by atoms with E-state index in [4.69, 9.17) is 4.74 Å². The zero-order valence-corrected chi connectivity index (χ0v) is 10.7. The molecule has 1 aromatic carbocycles. The number of nitrogens with zero attached hydrogens (tertiary/aromatic N) is 1. The minimum Gasteiger partial charge on any atom is -0.345 e. The lowest BCUT2D eigenvalue weighted by atomic mass is 10.1. The Morgan fingerprint density at radius 1 is 1.30 bits per heavy atom. The first-order chi connectivity index (χ1) is 9.44. The highest BCUT2D eigenvalue weighted by Gasteiger charge is 2.68. The largest absolute Gasteiger partial charge is 0.436 e. The predicted octanol–water partition coefficient (Wildman–Crippen LogP) is 2.51. The lowest BCUT2D eigenvalue weighted by molar-refractivity contribution is -0.293. The summed E-state index contributed by atoms with van der Waals surface area (Å²) in [6.45, 7) is -0.0693. The molecule has 0 saturated carbocycles. The summed E-state index contributed by atoms with van der Waals surface area (Å²) in [5, 5.41) is 0. The summed E-state index contributed by atoms with van der Waals surface area (Å²) in [4.78, 5) is 12.8. The van der Waals surface area contributed by atoms with Gasteiger partial charge in [0.15, 0.2) is 0 Å². The molecule has 0 unspecified atom stereocenters. The maximum absolute atomic E-state index is 13.3. The molecule has 6 heteroatoms. The normalized spacial score (nSPS) is 29.9. The van der Waals surface area contributed by atoms with E-state index in [0.717, 1.165) is 10.5 Å². The molecule has 20 heavy (non-hydrogen) atoms. The molecule has 1 amide bonds. The average molecular weight is 285 g/mol. The van der Waals surface area contributed by atoms with Crippen molar-refractivity contribution in [3.8, 4) is 0 Å². The fourth-order valence-corrected chi connectivity index (χ4v) is 3.06. The fraction of sp³-hybridized carbons (Fsp3) is 0.500. The molecule has 1 aromatic rings. The molecule has 3 nitrogen and oxygen atoms in total. The highest BCUT2D eigenvalue weighted by molar-refractivity contribution is 5.80. The first kappa shape index (κ1) is 13.4. The van der Waals surface area contributed by atoms with Crippen LogP contribution in [0, 0.1) is 0 Å². The van der Waals surface area contributed by atoms with Crippen LogP contribution in [-0.2, 0) is 16.0 Å². The molecule has 2 fully saturated rings. The number of benzene rings is 1. The van der Waals surface area contributed by atoms with Gasteiger partial charge in [0.05, 0.1) is 12.6 Å². The number of alkyl halides is 3. The minimum atomic E-state index is -4.55. The van der Waals surface area contributed by atoms with Crippen LogP contribution < -0.4 is 0 Å². The van der Waals surface area contributed by atoms with Gasteiger partial charge >= 0.3 is 6.18 Å². The van der Waals surface area contributed by atoms with Crippen molar-refractivity contribution in [3.05, 3.63) is 35.9 Å². The maximum Gasteiger partial charge on any atom is 0.436 e. The quantitative estimate of drug-likeness (QED) is 0.835. The van der Waals surface area contributed by atoms with Crippen LogP contribution in [-0.4, -0.2) is 35.4 Å². The van der Waals surface area contributed by atoms with Crippen LogP contribution in [0.25, 0.3) is 0 Å². The molecule has 2 heterocycles. The molecule has 3 rings (SSSR count). The molecule has 2 aliphatic heterocycles. The molecule has 0 bridgehead atoms. The third-order valence-corrected chi connectivity index (χ3v) is 3.97. The van der Waals surface area contributed by atoms with E-state index in [0.29, 0.717) is 6.42 Å². The molecular formula is C14H14F3NO2. The van der Waals surface area contributed by atoms with Crippen molar-refractivity contribution in [2.45, 2.75) is 37.2 Å². The van der Waals surface area contributed by atoms with Crippen LogP contribution in [0.2, 0.25) is 0 Å². The van der Waals surface area contributed by atoms with Gasteiger partial charge in [-0.25, -0.2) is 0 Å². The summed E-state index contributed by atoms with van der Waals surface area (Å²) in [7, 11) is 0. The molecule has 2 atom stereocenters. The molecule has 0 aromatic heterocycles. The van der Waals surface area contributed by atoms with Gasteiger partial charge in [-0.05, 0) is 12.0 Å². The first-order valence-corrected chi connectivity index (χ1v) is 6.51. The molecule has 0 radical (unpaired) electrons. The number of ether oxygens (including phenoxy) is 1. The van der Waals surface area contributed by atoms with Crippen LogP contribution in [0.1, 0.15) is 18.4 Å². The van der Waals surface area contributed by atoms with E-state index in [9.17, 15) is 18.0 Å². The van der Waals surface area contributed by atoms with Crippen molar-refractivity contribution in [1.82, 2.24) is 4.90 Å². The van der Waals surface area contributed by atoms with Crippen molar-refractivity contribution in [1.29, 1.82) is 0 Å². The highest BCUT2D eigenvalue weighted by Crippen LogP contribution is 2.49. The number of hydrogen-bond donors (Lipinski definition) is 0. The Labute approximate surface area is 114 Å². The Morgan fingerprint density at radius 2 is 2.00 bits per heavy atom. The maximum atomic E-state index is 13.3. The Kier molecular flexibility index (Phi) is 3.01. The summed E-state index contributed by atoms with van der Waals surface area (Å²) >= 11 is 0. The van der Waals surface area contributed by atoms with Gasteiger partial charge in [-0.3, -0.25) is 4.79 Å². The van der Waals surface area contributed by atoms with Crippen molar-refractivity contribution in [3.63, 3.8) is 0 Å². The monoisotopic (exact) mass is 285 g/mol. The number of halogens is 3. The highest BCUT2D eigenvalue weighted by atomic mass is 19.4. The van der Waals surface area contributed by atoms with Gasteiger partial charge in [0.2, 0.25) is 11.6 Å². The van der Waals surface area contributed by atoms with Gasteiger partial charge in [0.25, 0.3) is 0 Å². The van der Waals surface area contributed by atoms with Crippen LogP contribution in [0.4, 0.5) is 13.2 Å². The number of fused-ring (bicyclic) bond motifs is 1. The lowest BCUT2D eigenvalue weighted by Crippen LogP contribution is -2.55. The topological polar surface area (TPSA) is 29.5 Å². The van der Waals surface area contributed by atoms with Crippen molar-refractivity contribution in [2.24, 2.45) is 0 Å². The van der Waals surface area contributed by atoms with E-state index in [-0.39, 0.29) is 19.4 Å². The summed E-state index contributed by atoms with van der Waals surface area (Å²) in [6.07, 6.45) is -4.58. The van der Waals surface area contributed by atoms with Crippen molar-refractivity contribution < 1.29 is 22.7 Å². The summed E-state index contributed by atoms with van der Waals surface area (Å²) < 4.78 is 44.9. The van der Waals surface area contributed by atoms with Crippen molar-refractivity contribution >= 4 is 5.91 Å². The van der Waals surface area contributed by atoms with E-state index < -0.39 is 23.9 Å². The average Bonchev–Trinajstić information content (AvgIpc) is 2.92. The van der Waals surface area contributed by atoms with E-state index >= 15 is 0 Å². The summed E-state index contributed by atoms with van der Waals surface area (Å²) in [5.74, 6) is -0.472. The number of amides is 1. The Balaban J connectivity index is 1.87. The van der Waals surface area contributed by atoms with Crippen LogP contribution in [0.5, 0.6) is 0 Å². The van der Waals surface area contributed by atoms with E-state index in [1.807, 2.05) is 30.3 Å². The zero-order chi connectivity index (χ0) is 14.4. The smallest absolute Gasteiger partial charge is 0.345 e. The van der Waals surface area contributed by atoms with Gasteiger partial charge in [-0.2, -0.15) is 13.2 Å². The van der Waals surface area contributed by atoms with E-state index in [1.54, 1.807) is 0 Å². The van der Waals surface area contributed by atoms with Gasteiger partial charge in [-0.15, -0.1) is 0 Å². The van der Waals surface area contributed by atoms with Crippen molar-refractivity contribution in [2.75, 3.05) is 6.61 Å². The van der Waals surface area contributed by atoms with Crippen LogP contribution in [0.15, 0.2) is 30.3 Å². The van der Waals surface area contributed by atoms with Gasteiger partial charge in [0.1, 0.15) is 0 Å². The van der Waals surface area contributed by atoms with Gasteiger partial charge in [0, 0.05) is 12.8 Å². The van der Waals surface area contributed by atoms with E-state index in [1.165, 1.54) is 0 Å². The summed E-state index contributed by atoms with van der Waals surface area (Å²) in [5.41, 5.74) is -1.50. The molecule has 2 saturated heterocycles. The molecule has 2 aliphatic rings. The zero-order valence-electron chi connectivity index (χ0n) is 10.7. The lowest BCUT2D eigenvalue weighted by Gasteiger charge is -2.34. The molecule has 0 N–H and O–H groups in total. The van der Waals surface area contributed by atoms with Crippen LogP contribution >= 0.6 is 0 Å². The Hall–Kier alpha value is -1.56. The van der Waals surface area contributed by atoms with Crippen LogP contribution in [0.3, 0.4) is 0 Å². The van der Waals surface area contributed by atoms with Gasteiger partial charge in [-0.1, -0.05) is 30.3 Å². The SMILES string of the molecule is O=C1CC[C@@]2(C(F)(F)F)OC[C@H](Cc3ccccc3)N12. The predicted molar refractivity (Wildman–Crippen MR) is 64.8 cm³/mol. The second kappa shape index (κ2) is 4.48. The summed E-state index contributed by atoms with van der Waals surface area (Å²) in [6, 6.07) is 8.63. The first-order valence-electron chi connectivity index (χ1n) is 6.51. The number of carbonyl (C=O) groups is 1. The number of hydrogen-bond acceptors (Lipinski definition) is 2. The fourth-order valence-electron chi connectivity index (χ4n) is 3.06. The molecule has 0 spiro atoms. The van der Waals surface area contributed by atoms with Gasteiger partial charge < -0.3 is 9.64 Å². The second-order valence-corrected chi connectivity index (χ2v) is 5.20. The second-order valence-electron chi connectivity index (χ2n) is 5.20. The third-order valence-electron chi connectivity index (χ3n) is 3.97. The molecular weight excluding hydrogens is 271 g/mol. The Morgan fingerprint density at radius 3 is 2.65 bits per heavy atom. The third kappa shape index (κ3) is 1.90. The standard InChI is InChI=1S/C14H14F3NO2/c15-14(16,17)13-7-6-12(19)18(13)11(9-20-13)8-10-4-2-1-3-5-10/h1-5,11H,6-9H2/t11-,13-/m0/s1. The number of carbonyl (C=O) groups excluding carboxylic acids is 1.